The van der Waals surface area contributed by atoms with Gasteiger partial charge in [0.1, 0.15) is 6.04 Å². The summed E-state index contributed by atoms with van der Waals surface area (Å²) >= 11 is 0. The van der Waals surface area contributed by atoms with Crippen molar-refractivity contribution < 1.29 is 28.7 Å². The fraction of sp³-hybridized carbons (Fsp3) is 0.478. The van der Waals surface area contributed by atoms with Crippen LogP contribution in [-0.2, 0) is 23.9 Å². The summed E-state index contributed by atoms with van der Waals surface area (Å²) in [5, 5.41) is 2.73. The molecule has 0 unspecified atom stereocenters. The van der Waals surface area contributed by atoms with Gasteiger partial charge in [-0.25, -0.2) is 4.79 Å². The number of aliphatic imine (C=N–C) groups is 2. The number of alkyl carbamates (subject to hydrolysis) is 1. The molecule has 11 nitrogen and oxygen atoms in total. The molecule has 2 aromatic rings. The number of hydrogen-bond acceptors (Lipinski definition) is 8. The van der Waals surface area contributed by atoms with E-state index in [1.165, 1.54) is 14.2 Å². The lowest BCUT2D eigenvalue weighted by Gasteiger charge is -2.39. The van der Waals surface area contributed by atoms with Crippen LogP contribution in [0, 0.1) is 29.6 Å². The molecule has 4 aliphatic rings. The Balaban J connectivity index is 1.02. The van der Waals surface area contributed by atoms with E-state index in [2.05, 4.69) is 41.4 Å². The first-order valence-electron chi connectivity index (χ1n) is 20.2. The maximum Gasteiger partial charge on any atom is 0.407 e. The monoisotopic (exact) mass is 773 g/mol. The Labute approximate surface area is 336 Å². The fourth-order valence-corrected chi connectivity index (χ4v) is 8.22. The van der Waals surface area contributed by atoms with Gasteiger partial charge < -0.3 is 24.6 Å². The Hall–Kier alpha value is -5.50. The molecule has 0 bridgehead atoms. The highest BCUT2D eigenvalue weighted by Gasteiger charge is 2.39. The zero-order valence-electron chi connectivity index (χ0n) is 34.0. The molecular weight excluding hydrogens is 719 g/mol. The number of amides is 3. The number of ether oxygens (including phenoxy) is 2. The molecule has 1 N–H and O–H groups in total. The zero-order chi connectivity index (χ0) is 40.6. The lowest BCUT2D eigenvalue weighted by molar-refractivity contribution is -0.148. The van der Waals surface area contributed by atoms with Gasteiger partial charge in [-0.2, -0.15) is 0 Å². The van der Waals surface area contributed by atoms with E-state index in [1.807, 2.05) is 74.2 Å². The quantitative estimate of drug-likeness (QED) is 0.193. The average Bonchev–Trinajstić information content (AvgIpc) is 4.03. The summed E-state index contributed by atoms with van der Waals surface area (Å²) < 4.78 is 9.66. The maximum absolute atomic E-state index is 13.7. The van der Waals surface area contributed by atoms with Crippen LogP contribution >= 0.6 is 0 Å². The number of likely N-dealkylation sites (tertiary alicyclic amines) is 2. The van der Waals surface area contributed by atoms with E-state index in [0.29, 0.717) is 25.9 Å². The van der Waals surface area contributed by atoms with Gasteiger partial charge in [0.2, 0.25) is 11.8 Å². The summed E-state index contributed by atoms with van der Waals surface area (Å²) in [5.41, 5.74) is 8.15. The van der Waals surface area contributed by atoms with E-state index in [0.717, 1.165) is 76.9 Å². The number of benzene rings is 2. The summed E-state index contributed by atoms with van der Waals surface area (Å²) in [6, 6.07) is 15.6. The van der Waals surface area contributed by atoms with Crippen LogP contribution in [0.15, 0.2) is 70.9 Å². The Morgan fingerprint density at radius 1 is 0.702 bits per heavy atom. The van der Waals surface area contributed by atoms with Crippen LogP contribution in [0.2, 0.25) is 0 Å². The maximum atomic E-state index is 13.7. The SMILES string of the molecule is COC(=O)C[C@H](C(=O)N1CCC[C@H]1C1=NC=C(c2ccc(C#Cc3ccc(C4=CN=C([C@@H]5CCCCN5C(=O)[C@@H](NC(=O)OC)C(C)C)C4)cc3)cc2)C1)C(C)C. The third kappa shape index (κ3) is 9.73. The van der Waals surface area contributed by atoms with E-state index in [9.17, 15) is 19.2 Å². The first kappa shape index (κ1) is 41.1. The van der Waals surface area contributed by atoms with Crippen LogP contribution in [0.5, 0.6) is 0 Å². The van der Waals surface area contributed by atoms with Crippen molar-refractivity contribution in [3.63, 3.8) is 0 Å². The van der Waals surface area contributed by atoms with Gasteiger partial charge in [-0.05, 0) is 90.5 Å². The molecule has 2 aromatic carbocycles. The molecular formula is C46H55N5O6. The second-order valence-corrected chi connectivity index (χ2v) is 16.0. The molecule has 300 valence electrons. The van der Waals surface area contributed by atoms with Gasteiger partial charge in [0, 0.05) is 60.9 Å². The molecule has 3 amide bonds. The summed E-state index contributed by atoms with van der Waals surface area (Å²) in [6.45, 7) is 9.11. The minimum Gasteiger partial charge on any atom is -0.469 e. The normalized spacial score (nSPS) is 20.2. The first-order valence-corrected chi connectivity index (χ1v) is 20.2. The molecule has 57 heavy (non-hydrogen) atoms. The van der Waals surface area contributed by atoms with Gasteiger partial charge in [-0.1, -0.05) is 63.8 Å². The number of hydrogen-bond donors (Lipinski definition) is 1. The summed E-state index contributed by atoms with van der Waals surface area (Å²) in [6.07, 6.45) is 9.23. The van der Waals surface area contributed by atoms with Crippen molar-refractivity contribution in [1.29, 1.82) is 0 Å². The predicted octanol–water partition coefficient (Wildman–Crippen LogP) is 7.05. The van der Waals surface area contributed by atoms with Crippen LogP contribution in [-0.4, -0.2) is 90.5 Å². The van der Waals surface area contributed by atoms with E-state index < -0.39 is 18.1 Å². The number of nitrogens with zero attached hydrogens (tertiary/aromatic N) is 4. The van der Waals surface area contributed by atoms with Gasteiger partial charge in [-0.15, -0.1) is 0 Å². The minimum atomic E-state index is -0.662. The van der Waals surface area contributed by atoms with Gasteiger partial charge >= 0.3 is 12.1 Å². The van der Waals surface area contributed by atoms with Gasteiger partial charge in [0.15, 0.2) is 0 Å². The van der Waals surface area contributed by atoms with Crippen molar-refractivity contribution in [2.24, 2.45) is 27.7 Å². The van der Waals surface area contributed by atoms with Crippen LogP contribution in [0.25, 0.3) is 11.1 Å². The van der Waals surface area contributed by atoms with E-state index in [-0.39, 0.29) is 48.1 Å². The molecule has 4 aliphatic heterocycles. The highest BCUT2D eigenvalue weighted by Crippen LogP contribution is 2.33. The Morgan fingerprint density at radius 3 is 1.70 bits per heavy atom. The van der Waals surface area contributed by atoms with Crippen LogP contribution in [0.4, 0.5) is 4.79 Å². The van der Waals surface area contributed by atoms with Crippen molar-refractivity contribution in [2.45, 2.75) is 97.2 Å². The largest absolute Gasteiger partial charge is 0.469 e. The molecule has 4 atom stereocenters. The molecule has 0 radical (unpaired) electrons. The molecule has 0 saturated carbocycles. The van der Waals surface area contributed by atoms with Crippen molar-refractivity contribution >= 4 is 46.4 Å². The second kappa shape index (κ2) is 18.6. The third-order valence-electron chi connectivity index (χ3n) is 11.6. The van der Waals surface area contributed by atoms with Gasteiger partial charge in [0.05, 0.1) is 38.6 Å². The van der Waals surface area contributed by atoms with Crippen molar-refractivity contribution in [3.8, 4) is 11.8 Å². The zero-order valence-corrected chi connectivity index (χ0v) is 34.0. The topological polar surface area (TPSA) is 130 Å². The highest BCUT2D eigenvalue weighted by atomic mass is 16.5. The summed E-state index contributed by atoms with van der Waals surface area (Å²) in [5.74, 6) is 5.67. The van der Waals surface area contributed by atoms with Gasteiger partial charge in [0.25, 0.3) is 0 Å². The van der Waals surface area contributed by atoms with E-state index >= 15 is 0 Å². The molecule has 4 heterocycles. The van der Waals surface area contributed by atoms with Crippen molar-refractivity contribution in [1.82, 2.24) is 15.1 Å². The minimum absolute atomic E-state index is 0.00888. The number of carbonyl (C=O) groups is 4. The van der Waals surface area contributed by atoms with E-state index in [1.54, 1.807) is 0 Å². The second-order valence-electron chi connectivity index (χ2n) is 16.0. The predicted molar refractivity (Wildman–Crippen MR) is 222 cm³/mol. The number of rotatable bonds is 11. The lowest BCUT2D eigenvalue weighted by Crippen LogP contribution is -2.56. The molecule has 11 heteroatoms. The summed E-state index contributed by atoms with van der Waals surface area (Å²) in [7, 11) is 2.66. The van der Waals surface area contributed by atoms with Crippen LogP contribution in [0.1, 0.15) is 101 Å². The molecule has 2 saturated heterocycles. The molecule has 0 aliphatic carbocycles. The third-order valence-corrected chi connectivity index (χ3v) is 11.6. The number of piperidine rings is 1. The Morgan fingerprint density at radius 2 is 1.21 bits per heavy atom. The molecule has 2 fully saturated rings. The highest BCUT2D eigenvalue weighted by molar-refractivity contribution is 6.04. The fourth-order valence-electron chi connectivity index (χ4n) is 8.22. The van der Waals surface area contributed by atoms with Crippen molar-refractivity contribution in [3.05, 3.63) is 83.2 Å². The Bertz CT molecular complexity index is 2020. The van der Waals surface area contributed by atoms with Crippen molar-refractivity contribution in [2.75, 3.05) is 27.3 Å². The van der Waals surface area contributed by atoms with E-state index in [4.69, 9.17) is 19.5 Å². The number of carbonyl (C=O) groups excluding carboxylic acids is 4. The smallest absolute Gasteiger partial charge is 0.407 e. The standard InChI is InChI=1S/C46H55N5O6/c1-29(2)37(26-42(52)56-5)44(53)50-23-9-11-41(50)39-25-36(28-48-39)34-20-16-32(17-21-34)13-12-31-14-18-33(19-15-31)35-24-38(47-27-35)40-10-7-8-22-51(40)45(54)43(30(3)4)49-46(55)57-6/h14-21,27-30,37,40-41,43H,7-11,22-26H2,1-6H3,(H,49,55)/t37-,40-,41-,43-/m0/s1. The van der Waals surface area contributed by atoms with Crippen LogP contribution < -0.4 is 5.32 Å². The number of allylic oxidation sites excluding steroid dienone is 2. The number of esters is 1. The molecule has 0 aromatic heterocycles. The van der Waals surface area contributed by atoms with Gasteiger partial charge in [-0.3, -0.25) is 24.4 Å². The molecule has 6 rings (SSSR count). The molecule has 0 spiro atoms. The average molecular weight is 774 g/mol. The van der Waals surface area contributed by atoms with Crippen LogP contribution in [0.3, 0.4) is 0 Å². The number of methoxy groups -OCH3 is 2. The Kier molecular flexibility index (Phi) is 13.4. The lowest BCUT2D eigenvalue weighted by atomic mass is 9.90. The number of nitrogens with one attached hydrogen (secondary N) is 1. The first-order chi connectivity index (χ1) is 27.5. The summed E-state index contributed by atoms with van der Waals surface area (Å²) in [4.78, 5) is 64.7.